The lowest BCUT2D eigenvalue weighted by molar-refractivity contribution is 0.0909. The number of hydrogen-bond donors (Lipinski definition) is 1. The van der Waals surface area contributed by atoms with Gasteiger partial charge in [-0.1, -0.05) is 6.07 Å². The Hall–Kier alpha value is -3.10. The van der Waals surface area contributed by atoms with E-state index in [0.717, 1.165) is 27.9 Å². The van der Waals surface area contributed by atoms with Crippen LogP contribution in [0, 0.1) is 0 Å². The molecule has 0 unspecified atom stereocenters. The molecule has 4 aromatic heterocycles. The minimum atomic E-state index is -0.107. The van der Waals surface area contributed by atoms with Crippen molar-refractivity contribution >= 4 is 22.9 Å². The third-order valence-corrected chi connectivity index (χ3v) is 5.21. The highest BCUT2D eigenvalue weighted by Gasteiger charge is 2.15. The van der Waals surface area contributed by atoms with Gasteiger partial charge in [-0.25, -0.2) is 9.50 Å². The largest absolute Gasteiger partial charge is 0.383 e. The number of thiophene rings is 1. The van der Waals surface area contributed by atoms with Gasteiger partial charge in [0.15, 0.2) is 5.65 Å². The molecule has 0 radical (unpaired) electrons. The Balaban J connectivity index is 1.60. The highest BCUT2D eigenvalue weighted by atomic mass is 32.1. The number of rotatable bonds is 6. The molecule has 0 aliphatic carbocycles. The van der Waals surface area contributed by atoms with Crippen molar-refractivity contribution in [3.8, 4) is 22.3 Å². The molecule has 1 N–H and O–H groups in total. The third-order valence-electron chi connectivity index (χ3n) is 4.28. The molecule has 142 valence electrons. The summed E-state index contributed by atoms with van der Waals surface area (Å²) in [4.78, 5) is 21.7. The predicted octanol–water partition coefficient (Wildman–Crippen LogP) is 3.28. The van der Waals surface area contributed by atoms with Crippen molar-refractivity contribution in [2.24, 2.45) is 0 Å². The summed E-state index contributed by atoms with van der Waals surface area (Å²) in [6.07, 6.45) is 9.04. The molecule has 0 saturated heterocycles. The van der Waals surface area contributed by atoms with Crippen LogP contribution in [0.3, 0.4) is 0 Å². The van der Waals surface area contributed by atoms with Gasteiger partial charge in [0.1, 0.15) is 0 Å². The van der Waals surface area contributed by atoms with Crippen LogP contribution in [-0.4, -0.2) is 45.2 Å². The van der Waals surface area contributed by atoms with Crippen LogP contribution < -0.4 is 5.32 Å². The number of carbonyl (C=O) groups excluding carboxylic acids is 1. The summed E-state index contributed by atoms with van der Waals surface area (Å²) in [5.41, 5.74) is 4.47. The molecule has 0 aliphatic heterocycles. The summed E-state index contributed by atoms with van der Waals surface area (Å²) < 4.78 is 6.81. The van der Waals surface area contributed by atoms with Crippen LogP contribution >= 0.6 is 11.3 Å². The Kier molecular flexibility index (Phi) is 5.14. The van der Waals surface area contributed by atoms with Gasteiger partial charge in [-0.15, -0.1) is 11.3 Å². The van der Waals surface area contributed by atoms with E-state index in [0.29, 0.717) is 11.5 Å². The molecule has 0 saturated carbocycles. The van der Waals surface area contributed by atoms with Crippen LogP contribution in [0.4, 0.5) is 0 Å². The zero-order chi connectivity index (χ0) is 19.5. The van der Waals surface area contributed by atoms with E-state index in [4.69, 9.17) is 4.74 Å². The van der Waals surface area contributed by atoms with Crippen LogP contribution in [0.2, 0.25) is 0 Å². The van der Waals surface area contributed by atoms with Gasteiger partial charge in [0, 0.05) is 54.6 Å². The first-order chi connectivity index (χ1) is 13.7. The lowest BCUT2D eigenvalue weighted by atomic mass is 10.1. The van der Waals surface area contributed by atoms with Gasteiger partial charge >= 0.3 is 0 Å². The van der Waals surface area contributed by atoms with Crippen molar-refractivity contribution in [2.75, 3.05) is 13.7 Å². The Morgan fingerprint density at radius 3 is 2.96 bits per heavy atom. The highest BCUT2D eigenvalue weighted by molar-refractivity contribution is 7.12. The standard InChI is InChI=1S/C20H19N5O2S/c1-13(11-27-2)24-20(26)18-6-15(12-28-18)17-9-23-25-10-16(8-22-19(17)25)14-4-3-5-21-7-14/h3-10,12-13H,11H2,1-2H3,(H,24,26)/t13-/m0/s1. The number of hydrogen-bond acceptors (Lipinski definition) is 6. The number of methoxy groups -OCH3 is 1. The van der Waals surface area contributed by atoms with E-state index in [1.807, 2.05) is 42.9 Å². The lowest BCUT2D eigenvalue weighted by Gasteiger charge is -2.11. The van der Waals surface area contributed by atoms with Crippen LogP contribution in [0.25, 0.3) is 27.9 Å². The molecule has 7 nitrogen and oxygen atoms in total. The average Bonchev–Trinajstić information content (AvgIpc) is 3.35. The highest BCUT2D eigenvalue weighted by Crippen LogP contribution is 2.29. The smallest absolute Gasteiger partial charge is 0.261 e. The van der Waals surface area contributed by atoms with E-state index in [1.54, 1.807) is 30.2 Å². The van der Waals surface area contributed by atoms with Crippen LogP contribution in [-0.2, 0) is 4.74 Å². The average molecular weight is 393 g/mol. The summed E-state index contributed by atoms with van der Waals surface area (Å²) in [6, 6.07) is 5.69. The first-order valence-electron chi connectivity index (χ1n) is 8.78. The normalized spacial score (nSPS) is 12.2. The maximum absolute atomic E-state index is 12.4. The molecule has 0 bridgehead atoms. The molecule has 1 atom stereocenters. The molecule has 28 heavy (non-hydrogen) atoms. The second-order valence-corrected chi connectivity index (χ2v) is 7.35. The maximum atomic E-state index is 12.4. The summed E-state index contributed by atoms with van der Waals surface area (Å²) in [7, 11) is 1.61. The van der Waals surface area contributed by atoms with Gasteiger partial charge in [0.2, 0.25) is 0 Å². The summed E-state index contributed by atoms with van der Waals surface area (Å²) >= 11 is 1.40. The van der Waals surface area contributed by atoms with Crippen molar-refractivity contribution < 1.29 is 9.53 Å². The maximum Gasteiger partial charge on any atom is 0.261 e. The number of aromatic nitrogens is 4. The molecular weight excluding hydrogens is 374 g/mol. The van der Waals surface area contributed by atoms with Gasteiger partial charge < -0.3 is 10.1 Å². The first-order valence-corrected chi connectivity index (χ1v) is 9.66. The van der Waals surface area contributed by atoms with E-state index in [1.165, 1.54) is 11.3 Å². The van der Waals surface area contributed by atoms with E-state index in [9.17, 15) is 4.79 Å². The molecule has 0 fully saturated rings. The number of nitrogens with zero attached hydrogens (tertiary/aromatic N) is 4. The molecule has 0 aromatic carbocycles. The van der Waals surface area contributed by atoms with Crippen molar-refractivity contribution in [3.63, 3.8) is 0 Å². The Morgan fingerprint density at radius 1 is 1.29 bits per heavy atom. The Morgan fingerprint density at radius 2 is 2.18 bits per heavy atom. The van der Waals surface area contributed by atoms with E-state index in [2.05, 4.69) is 20.4 Å². The number of ether oxygens (including phenoxy) is 1. The van der Waals surface area contributed by atoms with Crippen molar-refractivity contribution in [2.45, 2.75) is 13.0 Å². The molecule has 1 amide bonds. The third kappa shape index (κ3) is 3.64. The van der Waals surface area contributed by atoms with Crippen LogP contribution in [0.1, 0.15) is 16.6 Å². The molecule has 8 heteroatoms. The van der Waals surface area contributed by atoms with E-state index < -0.39 is 0 Å². The monoisotopic (exact) mass is 393 g/mol. The van der Waals surface area contributed by atoms with Gasteiger partial charge in [0.25, 0.3) is 5.91 Å². The molecule has 4 heterocycles. The zero-order valence-corrected chi connectivity index (χ0v) is 16.3. The molecular formula is C20H19N5O2S. The number of nitrogens with one attached hydrogen (secondary N) is 1. The minimum absolute atomic E-state index is 0.0485. The fraction of sp³-hybridized carbons (Fsp3) is 0.200. The summed E-state index contributed by atoms with van der Waals surface area (Å²) in [6.45, 7) is 2.38. The quantitative estimate of drug-likeness (QED) is 0.544. The number of pyridine rings is 1. The van der Waals surface area contributed by atoms with Crippen molar-refractivity contribution in [1.29, 1.82) is 0 Å². The molecule has 0 spiro atoms. The summed E-state index contributed by atoms with van der Waals surface area (Å²) in [5.74, 6) is -0.107. The fourth-order valence-corrected chi connectivity index (χ4v) is 3.75. The van der Waals surface area contributed by atoms with Gasteiger partial charge in [-0.3, -0.25) is 9.78 Å². The predicted molar refractivity (Wildman–Crippen MR) is 108 cm³/mol. The van der Waals surface area contributed by atoms with Crippen LogP contribution in [0.5, 0.6) is 0 Å². The van der Waals surface area contributed by atoms with E-state index in [-0.39, 0.29) is 11.9 Å². The van der Waals surface area contributed by atoms with Gasteiger partial charge in [-0.05, 0) is 30.0 Å². The molecule has 0 aliphatic rings. The minimum Gasteiger partial charge on any atom is -0.383 e. The van der Waals surface area contributed by atoms with Crippen LogP contribution in [0.15, 0.2) is 54.6 Å². The van der Waals surface area contributed by atoms with E-state index >= 15 is 0 Å². The number of fused-ring (bicyclic) bond motifs is 1. The Labute approximate surface area is 166 Å². The Bertz CT molecular complexity index is 1110. The number of carbonyl (C=O) groups is 1. The second kappa shape index (κ2) is 7.87. The lowest BCUT2D eigenvalue weighted by Crippen LogP contribution is -2.35. The zero-order valence-electron chi connectivity index (χ0n) is 15.5. The summed E-state index contributed by atoms with van der Waals surface area (Å²) in [5, 5.41) is 9.30. The van der Waals surface area contributed by atoms with Crippen molar-refractivity contribution in [3.05, 3.63) is 59.4 Å². The van der Waals surface area contributed by atoms with Gasteiger partial charge in [-0.2, -0.15) is 5.10 Å². The van der Waals surface area contributed by atoms with Gasteiger partial charge in [0.05, 0.1) is 17.7 Å². The SMILES string of the molecule is COC[C@H](C)NC(=O)c1cc(-c2cnn3cc(-c4cccnc4)cnc23)cs1. The second-order valence-electron chi connectivity index (χ2n) is 6.44. The molecule has 4 rings (SSSR count). The van der Waals surface area contributed by atoms with Crippen molar-refractivity contribution in [1.82, 2.24) is 24.9 Å². The number of amides is 1. The topological polar surface area (TPSA) is 81.4 Å². The molecule has 4 aromatic rings. The fourth-order valence-electron chi connectivity index (χ4n) is 2.94. The first kappa shape index (κ1) is 18.3.